The summed E-state index contributed by atoms with van der Waals surface area (Å²) in [7, 11) is -3.22. The Morgan fingerprint density at radius 1 is 1.33 bits per heavy atom. The first-order valence-electron chi connectivity index (χ1n) is 8.21. The van der Waals surface area contributed by atoms with E-state index in [2.05, 4.69) is 23.5 Å². The Bertz CT molecular complexity index is 384. The van der Waals surface area contributed by atoms with Crippen LogP contribution in [0.15, 0.2) is 0 Å². The van der Waals surface area contributed by atoms with E-state index in [1.165, 1.54) is 0 Å². The summed E-state index contributed by atoms with van der Waals surface area (Å²) < 4.78 is 33.0. The van der Waals surface area contributed by atoms with Crippen molar-refractivity contribution in [2.75, 3.05) is 32.8 Å². The van der Waals surface area contributed by atoms with Gasteiger partial charge in [-0.3, -0.25) is 4.90 Å². The Labute approximate surface area is 130 Å². The molecule has 0 saturated carbocycles. The molecule has 1 aliphatic heterocycles. The molecule has 1 rings (SSSR count). The Hall–Kier alpha value is -0.170. The van der Waals surface area contributed by atoms with E-state index in [1.807, 2.05) is 13.8 Å². The number of nitrogens with zero attached hydrogens (tertiary/aromatic N) is 1. The van der Waals surface area contributed by atoms with Gasteiger partial charge in [0.25, 0.3) is 0 Å². The van der Waals surface area contributed by atoms with Crippen LogP contribution in [-0.4, -0.2) is 57.5 Å². The van der Waals surface area contributed by atoms with Crippen molar-refractivity contribution in [3.05, 3.63) is 0 Å². The van der Waals surface area contributed by atoms with Crippen LogP contribution in [0.5, 0.6) is 0 Å². The Morgan fingerprint density at radius 3 is 2.62 bits per heavy atom. The molecule has 0 aromatic carbocycles. The summed E-state index contributed by atoms with van der Waals surface area (Å²) in [5.74, 6) is 0.620. The van der Waals surface area contributed by atoms with Crippen molar-refractivity contribution in [2.24, 2.45) is 5.92 Å². The van der Waals surface area contributed by atoms with Gasteiger partial charge < -0.3 is 4.74 Å². The molecule has 1 saturated heterocycles. The van der Waals surface area contributed by atoms with Crippen molar-refractivity contribution >= 4 is 10.0 Å². The van der Waals surface area contributed by atoms with Crippen molar-refractivity contribution < 1.29 is 13.2 Å². The number of rotatable bonds is 9. The highest BCUT2D eigenvalue weighted by Crippen LogP contribution is 2.12. The fourth-order valence-corrected chi connectivity index (χ4v) is 4.45. The minimum absolute atomic E-state index is 0.0357. The maximum absolute atomic E-state index is 12.3. The van der Waals surface area contributed by atoms with Crippen molar-refractivity contribution in [3.8, 4) is 0 Å². The van der Waals surface area contributed by atoms with Gasteiger partial charge in [-0.25, -0.2) is 13.1 Å². The lowest BCUT2D eigenvalue weighted by atomic mass is 10.2. The molecule has 0 aliphatic carbocycles. The van der Waals surface area contributed by atoms with E-state index in [4.69, 9.17) is 4.74 Å². The highest BCUT2D eigenvalue weighted by molar-refractivity contribution is 7.90. The van der Waals surface area contributed by atoms with E-state index in [9.17, 15) is 8.42 Å². The second kappa shape index (κ2) is 9.08. The number of nitrogens with one attached hydrogen (secondary N) is 1. The van der Waals surface area contributed by atoms with Gasteiger partial charge in [0.05, 0.1) is 18.0 Å². The number of morpholine rings is 1. The topological polar surface area (TPSA) is 58.6 Å². The molecule has 21 heavy (non-hydrogen) atoms. The first-order chi connectivity index (χ1) is 9.89. The van der Waals surface area contributed by atoms with Gasteiger partial charge in [0, 0.05) is 26.2 Å². The molecule has 126 valence electrons. The summed E-state index contributed by atoms with van der Waals surface area (Å²) in [6.45, 7) is 12.2. The number of hydrogen-bond acceptors (Lipinski definition) is 4. The molecule has 6 heteroatoms. The number of sulfonamides is 1. The zero-order chi connectivity index (χ0) is 15.9. The molecule has 5 nitrogen and oxygen atoms in total. The lowest BCUT2D eigenvalue weighted by molar-refractivity contribution is -0.0280. The molecule has 0 amide bonds. The lowest BCUT2D eigenvalue weighted by Crippen LogP contribution is -2.49. The average molecular weight is 320 g/mol. The van der Waals surface area contributed by atoms with E-state index >= 15 is 0 Å². The highest BCUT2D eigenvalue weighted by atomic mass is 32.2. The summed E-state index contributed by atoms with van der Waals surface area (Å²) in [6, 6.07) is 0. The highest BCUT2D eigenvalue weighted by Gasteiger charge is 2.26. The summed E-state index contributed by atoms with van der Waals surface area (Å²) in [6.07, 6.45) is 2.23. The first kappa shape index (κ1) is 18.9. The predicted octanol–water partition coefficient (Wildman–Crippen LogP) is 1.84. The minimum Gasteiger partial charge on any atom is -0.374 e. The monoisotopic (exact) mass is 320 g/mol. The van der Waals surface area contributed by atoms with Crippen molar-refractivity contribution in [1.29, 1.82) is 0 Å². The number of hydrogen-bond donors (Lipinski definition) is 1. The van der Waals surface area contributed by atoms with Gasteiger partial charge in [-0.2, -0.15) is 0 Å². The second-order valence-electron chi connectivity index (χ2n) is 6.36. The summed E-state index contributed by atoms with van der Waals surface area (Å²) >= 11 is 0. The van der Waals surface area contributed by atoms with Gasteiger partial charge in [0.1, 0.15) is 0 Å². The van der Waals surface area contributed by atoms with Crippen LogP contribution in [-0.2, 0) is 14.8 Å². The first-order valence-corrected chi connectivity index (χ1v) is 9.76. The Morgan fingerprint density at radius 2 is 2.05 bits per heavy atom. The lowest BCUT2D eigenvalue weighted by Gasteiger charge is -2.34. The zero-order valence-corrected chi connectivity index (χ0v) is 14.8. The van der Waals surface area contributed by atoms with E-state index in [1.54, 1.807) is 0 Å². The molecule has 1 fully saturated rings. The molecular formula is C15H32N2O3S. The molecular weight excluding hydrogens is 288 g/mol. The van der Waals surface area contributed by atoms with Crippen LogP contribution in [0, 0.1) is 5.92 Å². The summed E-state index contributed by atoms with van der Waals surface area (Å²) in [5.41, 5.74) is 0. The molecule has 0 radical (unpaired) electrons. The van der Waals surface area contributed by atoms with Crippen LogP contribution in [0.25, 0.3) is 0 Å². The molecule has 0 bridgehead atoms. The largest absolute Gasteiger partial charge is 0.374 e. The van der Waals surface area contributed by atoms with Crippen molar-refractivity contribution in [1.82, 2.24) is 9.62 Å². The second-order valence-corrected chi connectivity index (χ2v) is 8.40. The van der Waals surface area contributed by atoms with Crippen molar-refractivity contribution in [3.63, 3.8) is 0 Å². The van der Waals surface area contributed by atoms with Gasteiger partial charge in [-0.05, 0) is 18.8 Å². The van der Waals surface area contributed by atoms with Gasteiger partial charge in [0.15, 0.2) is 0 Å². The van der Waals surface area contributed by atoms with Crippen LogP contribution in [0.1, 0.15) is 47.0 Å². The molecule has 1 heterocycles. The quantitative estimate of drug-likeness (QED) is 0.704. The van der Waals surface area contributed by atoms with Gasteiger partial charge in [0.2, 0.25) is 10.0 Å². The van der Waals surface area contributed by atoms with E-state index < -0.39 is 10.0 Å². The van der Waals surface area contributed by atoms with Crippen LogP contribution in [0.3, 0.4) is 0 Å². The molecule has 0 aromatic rings. The minimum atomic E-state index is -3.22. The van der Waals surface area contributed by atoms with E-state index in [0.29, 0.717) is 25.5 Å². The molecule has 0 unspecified atom stereocenters. The van der Waals surface area contributed by atoms with Gasteiger partial charge >= 0.3 is 0 Å². The van der Waals surface area contributed by atoms with Crippen molar-refractivity contribution in [2.45, 2.75) is 58.3 Å². The standard InChI is InChI=1S/C15H32N2O3S/c1-5-7-15(6-2)21(18,19)16-10-14-12-17(8-9-20-14)11-13(3)4/h13-16H,5-12H2,1-4H3/t14-,15-/m0/s1. The van der Waals surface area contributed by atoms with Gasteiger partial charge in [-0.1, -0.05) is 34.1 Å². The van der Waals surface area contributed by atoms with Crippen LogP contribution < -0.4 is 4.72 Å². The molecule has 1 aliphatic rings. The molecule has 2 atom stereocenters. The maximum atomic E-state index is 12.3. The maximum Gasteiger partial charge on any atom is 0.214 e. The van der Waals surface area contributed by atoms with Crippen LogP contribution in [0.2, 0.25) is 0 Å². The van der Waals surface area contributed by atoms with E-state index in [0.717, 1.165) is 32.5 Å². The third-order valence-electron chi connectivity index (χ3n) is 3.86. The van der Waals surface area contributed by atoms with Gasteiger partial charge in [-0.15, -0.1) is 0 Å². The van der Waals surface area contributed by atoms with Crippen LogP contribution >= 0.6 is 0 Å². The Balaban J connectivity index is 2.46. The van der Waals surface area contributed by atoms with E-state index in [-0.39, 0.29) is 11.4 Å². The fraction of sp³-hybridized carbons (Fsp3) is 1.00. The number of ether oxygens (including phenoxy) is 1. The third-order valence-corrected chi connectivity index (χ3v) is 5.88. The summed E-state index contributed by atoms with van der Waals surface area (Å²) in [5, 5.41) is -0.280. The molecule has 1 N–H and O–H groups in total. The fourth-order valence-electron chi connectivity index (χ4n) is 2.81. The SMILES string of the molecule is CCC[C@H](CC)S(=O)(=O)NC[C@H]1CN(CC(C)C)CCO1. The predicted molar refractivity (Wildman–Crippen MR) is 86.9 cm³/mol. The smallest absolute Gasteiger partial charge is 0.214 e. The molecule has 0 aromatic heterocycles. The third kappa shape index (κ3) is 6.63. The Kier molecular flexibility index (Phi) is 8.16. The summed E-state index contributed by atoms with van der Waals surface area (Å²) in [4.78, 5) is 2.36. The normalized spacial score (nSPS) is 22.6. The zero-order valence-electron chi connectivity index (χ0n) is 14.0. The molecule has 0 spiro atoms. The average Bonchev–Trinajstić information content (AvgIpc) is 2.42. The van der Waals surface area contributed by atoms with Crippen LogP contribution in [0.4, 0.5) is 0 Å².